The maximum absolute atomic E-state index is 11.5. The molecule has 0 atom stereocenters. The van der Waals surface area contributed by atoms with Crippen LogP contribution in [0.25, 0.3) is 0 Å². The summed E-state index contributed by atoms with van der Waals surface area (Å²) in [7, 11) is 2.03. The highest BCUT2D eigenvalue weighted by molar-refractivity contribution is 9.10. The highest BCUT2D eigenvalue weighted by Crippen LogP contribution is 2.39. The first-order valence-electron chi connectivity index (χ1n) is 5.50. The van der Waals surface area contributed by atoms with Crippen LogP contribution in [0.5, 0.6) is 0 Å². The van der Waals surface area contributed by atoms with Gasteiger partial charge in [-0.1, -0.05) is 0 Å². The Kier molecular flexibility index (Phi) is 2.26. The van der Waals surface area contributed by atoms with Gasteiger partial charge in [-0.25, -0.2) is 0 Å². The van der Waals surface area contributed by atoms with Crippen LogP contribution < -0.4 is 10.2 Å². The Labute approximate surface area is 107 Å². The van der Waals surface area contributed by atoms with E-state index in [1.54, 1.807) is 6.07 Å². The number of carbonyl (C=O) groups is 2. The van der Waals surface area contributed by atoms with Gasteiger partial charge in [-0.3, -0.25) is 9.59 Å². The van der Waals surface area contributed by atoms with Crippen molar-refractivity contribution in [3.63, 3.8) is 0 Å². The number of halogens is 1. The molecule has 0 saturated heterocycles. The van der Waals surface area contributed by atoms with Crippen molar-refractivity contribution in [2.24, 2.45) is 0 Å². The highest BCUT2D eigenvalue weighted by atomic mass is 79.9. The van der Waals surface area contributed by atoms with E-state index in [9.17, 15) is 9.59 Å². The summed E-state index contributed by atoms with van der Waals surface area (Å²) in [5, 5.41) is 2.59. The number of nitrogens with zero attached hydrogens (tertiary/aromatic N) is 1. The van der Waals surface area contributed by atoms with E-state index in [1.165, 1.54) is 12.8 Å². The average Bonchev–Trinajstić information content (AvgIpc) is 3.09. The fourth-order valence-electron chi connectivity index (χ4n) is 2.08. The lowest BCUT2D eigenvalue weighted by molar-refractivity contribution is -0.112. The summed E-state index contributed by atoms with van der Waals surface area (Å²) in [5.74, 6) is -1.00. The number of rotatable bonds is 2. The number of carbonyl (C=O) groups excluding carboxylic acids is 2. The lowest BCUT2D eigenvalue weighted by Gasteiger charge is -2.21. The molecule has 1 aliphatic heterocycles. The Morgan fingerprint density at radius 1 is 1.35 bits per heavy atom. The third-order valence-electron chi connectivity index (χ3n) is 3.26. The summed E-state index contributed by atoms with van der Waals surface area (Å²) >= 11 is 3.46. The van der Waals surface area contributed by atoms with Gasteiger partial charge in [-0.15, -0.1) is 0 Å². The number of anilines is 2. The Balaban J connectivity index is 2.05. The normalized spacial score (nSPS) is 18.0. The van der Waals surface area contributed by atoms with Crippen molar-refractivity contribution in [1.82, 2.24) is 0 Å². The molecule has 2 aliphatic rings. The van der Waals surface area contributed by atoms with Crippen LogP contribution in [0.2, 0.25) is 0 Å². The molecule has 0 unspecified atom stereocenters. The van der Waals surface area contributed by atoms with E-state index in [0.29, 0.717) is 17.3 Å². The number of hydrogen-bond donors (Lipinski definition) is 1. The van der Waals surface area contributed by atoms with Crippen molar-refractivity contribution in [2.45, 2.75) is 18.9 Å². The summed E-state index contributed by atoms with van der Waals surface area (Å²) in [4.78, 5) is 25.0. The molecule has 1 N–H and O–H groups in total. The first kappa shape index (κ1) is 10.8. The molecule has 1 amide bonds. The summed E-state index contributed by atoms with van der Waals surface area (Å²) in [6.45, 7) is 0. The molecule has 1 saturated carbocycles. The largest absolute Gasteiger partial charge is 0.371 e. The van der Waals surface area contributed by atoms with Gasteiger partial charge in [0.05, 0.1) is 16.9 Å². The molecule has 0 spiro atoms. The first-order valence-corrected chi connectivity index (χ1v) is 6.29. The lowest BCUT2D eigenvalue weighted by atomic mass is 10.1. The smallest absolute Gasteiger partial charge is 0.296 e. The molecule has 1 aliphatic carbocycles. The summed E-state index contributed by atoms with van der Waals surface area (Å²) < 4.78 is 0.857. The Morgan fingerprint density at radius 3 is 2.71 bits per heavy atom. The second kappa shape index (κ2) is 3.57. The summed E-state index contributed by atoms with van der Waals surface area (Å²) in [6, 6.07) is 4.17. The van der Waals surface area contributed by atoms with Crippen LogP contribution in [0.3, 0.4) is 0 Å². The fourth-order valence-corrected chi connectivity index (χ4v) is 2.71. The predicted octanol–water partition coefficient (Wildman–Crippen LogP) is 2.18. The van der Waals surface area contributed by atoms with Crippen molar-refractivity contribution in [1.29, 1.82) is 0 Å². The Hall–Kier alpha value is -1.36. The monoisotopic (exact) mass is 294 g/mol. The van der Waals surface area contributed by atoms with Crippen LogP contribution >= 0.6 is 15.9 Å². The second-order valence-corrected chi connectivity index (χ2v) is 5.33. The molecule has 3 rings (SSSR count). The minimum atomic E-state index is -0.543. The van der Waals surface area contributed by atoms with Crippen LogP contribution in [0.4, 0.5) is 11.4 Å². The number of nitrogens with one attached hydrogen (secondary N) is 1. The molecular weight excluding hydrogens is 284 g/mol. The fraction of sp³-hybridized carbons (Fsp3) is 0.333. The number of Topliss-reactive ketones (excluding diaryl/α,β-unsaturated/α-hetero) is 1. The molecule has 88 valence electrons. The molecule has 17 heavy (non-hydrogen) atoms. The van der Waals surface area contributed by atoms with E-state index in [2.05, 4.69) is 26.1 Å². The molecule has 0 radical (unpaired) electrons. The number of hydrogen-bond acceptors (Lipinski definition) is 3. The van der Waals surface area contributed by atoms with Gasteiger partial charge in [0.2, 0.25) is 0 Å². The van der Waals surface area contributed by atoms with Crippen LogP contribution in [0, 0.1) is 0 Å². The predicted molar refractivity (Wildman–Crippen MR) is 68.5 cm³/mol. The number of benzene rings is 1. The van der Waals surface area contributed by atoms with Crippen molar-refractivity contribution in [3.8, 4) is 0 Å². The van der Waals surface area contributed by atoms with E-state index in [0.717, 1.165) is 10.2 Å². The number of amides is 1. The SMILES string of the molecule is CN(c1cc2c(cc1Br)C(=O)C(=O)N2)C1CC1. The molecule has 1 aromatic carbocycles. The van der Waals surface area contributed by atoms with E-state index < -0.39 is 11.7 Å². The Bertz CT molecular complexity index is 538. The molecule has 1 aromatic rings. The third-order valence-corrected chi connectivity index (χ3v) is 3.90. The lowest BCUT2D eigenvalue weighted by Crippen LogP contribution is -2.19. The maximum atomic E-state index is 11.5. The Morgan fingerprint density at radius 2 is 2.06 bits per heavy atom. The van der Waals surface area contributed by atoms with Gasteiger partial charge in [0.25, 0.3) is 11.7 Å². The van der Waals surface area contributed by atoms with Crippen LogP contribution in [-0.2, 0) is 4.79 Å². The van der Waals surface area contributed by atoms with E-state index in [4.69, 9.17) is 0 Å². The minimum Gasteiger partial charge on any atom is -0.371 e. The molecule has 1 fully saturated rings. The minimum absolute atomic E-state index is 0.454. The van der Waals surface area contributed by atoms with E-state index in [-0.39, 0.29) is 0 Å². The van der Waals surface area contributed by atoms with Gasteiger partial charge in [-0.05, 0) is 40.9 Å². The van der Waals surface area contributed by atoms with Gasteiger partial charge >= 0.3 is 0 Å². The van der Waals surface area contributed by atoms with Crippen molar-refractivity contribution < 1.29 is 9.59 Å². The van der Waals surface area contributed by atoms with Gasteiger partial charge in [-0.2, -0.15) is 0 Å². The molecular formula is C12H11BrN2O2. The van der Waals surface area contributed by atoms with Gasteiger partial charge < -0.3 is 10.2 Å². The van der Waals surface area contributed by atoms with Crippen LogP contribution in [-0.4, -0.2) is 24.8 Å². The molecule has 1 heterocycles. The summed E-state index contributed by atoms with van der Waals surface area (Å²) in [5.41, 5.74) is 2.08. The zero-order valence-corrected chi connectivity index (χ0v) is 10.9. The van der Waals surface area contributed by atoms with Crippen molar-refractivity contribution >= 4 is 39.0 Å². The van der Waals surface area contributed by atoms with Crippen molar-refractivity contribution in [2.75, 3.05) is 17.3 Å². The highest BCUT2D eigenvalue weighted by Gasteiger charge is 2.32. The van der Waals surface area contributed by atoms with Crippen LogP contribution in [0.15, 0.2) is 16.6 Å². The van der Waals surface area contributed by atoms with Gasteiger partial charge in [0.15, 0.2) is 0 Å². The standard InChI is InChI=1S/C12H11BrN2O2/c1-15(6-2-3-6)10-5-9-7(4-8(10)13)11(16)12(17)14-9/h4-6H,2-3H2,1H3,(H,14,16,17). The number of ketones is 1. The van der Waals surface area contributed by atoms with E-state index in [1.807, 2.05) is 13.1 Å². The molecule has 0 bridgehead atoms. The number of fused-ring (bicyclic) bond motifs is 1. The molecule has 4 nitrogen and oxygen atoms in total. The molecule has 0 aromatic heterocycles. The van der Waals surface area contributed by atoms with Crippen LogP contribution in [0.1, 0.15) is 23.2 Å². The zero-order valence-electron chi connectivity index (χ0n) is 9.29. The first-order chi connectivity index (χ1) is 8.08. The second-order valence-electron chi connectivity index (χ2n) is 4.47. The quantitative estimate of drug-likeness (QED) is 0.851. The van der Waals surface area contributed by atoms with Crippen molar-refractivity contribution in [3.05, 3.63) is 22.2 Å². The van der Waals surface area contributed by atoms with E-state index >= 15 is 0 Å². The molecule has 5 heteroatoms. The maximum Gasteiger partial charge on any atom is 0.296 e. The summed E-state index contributed by atoms with van der Waals surface area (Å²) in [6.07, 6.45) is 2.40. The average molecular weight is 295 g/mol. The third kappa shape index (κ3) is 1.65. The van der Waals surface area contributed by atoms with Gasteiger partial charge in [0, 0.05) is 17.6 Å². The topological polar surface area (TPSA) is 49.4 Å². The van der Waals surface area contributed by atoms with Gasteiger partial charge in [0.1, 0.15) is 0 Å². The zero-order chi connectivity index (χ0) is 12.2.